The van der Waals surface area contributed by atoms with Crippen molar-refractivity contribution in [3.8, 4) is 0 Å². The number of rotatable bonds is 1. The molecule has 6 heteroatoms. The van der Waals surface area contributed by atoms with Gasteiger partial charge in [0, 0.05) is 0 Å². The van der Waals surface area contributed by atoms with Crippen LogP contribution in [0, 0.1) is 6.92 Å². The van der Waals surface area contributed by atoms with Gasteiger partial charge in [-0.3, -0.25) is 4.55 Å². The van der Waals surface area contributed by atoms with E-state index in [2.05, 4.69) is 4.98 Å². The zero-order valence-electron chi connectivity index (χ0n) is 6.35. The number of nitrogen functional groups attached to an aromatic ring is 1. The van der Waals surface area contributed by atoms with Crippen LogP contribution in [-0.2, 0) is 10.1 Å². The smallest absolute Gasteiger partial charge is 0.296 e. The molecular weight excluding hydrogens is 180 g/mol. The van der Waals surface area contributed by atoms with Gasteiger partial charge in [0.25, 0.3) is 10.1 Å². The van der Waals surface area contributed by atoms with Crippen LogP contribution in [0.2, 0.25) is 0 Å². The van der Waals surface area contributed by atoms with Gasteiger partial charge in [-0.1, -0.05) is 0 Å². The number of aryl methyl sites for hydroxylation is 1. The normalized spacial score (nSPS) is 11.5. The summed E-state index contributed by atoms with van der Waals surface area (Å²) < 4.78 is 29.9. The predicted octanol–water partition coefficient (Wildman–Crippen LogP) is 0.219. The Morgan fingerprint density at radius 1 is 1.58 bits per heavy atom. The van der Waals surface area contributed by atoms with Crippen LogP contribution in [0.5, 0.6) is 0 Å². The molecule has 1 rings (SSSR count). The molecule has 12 heavy (non-hydrogen) atoms. The largest absolute Gasteiger partial charge is 0.384 e. The van der Waals surface area contributed by atoms with E-state index in [4.69, 9.17) is 10.3 Å². The number of hydrogen-bond donors (Lipinski definition) is 2. The minimum absolute atomic E-state index is 0.211. The van der Waals surface area contributed by atoms with Gasteiger partial charge in [-0.05, 0) is 18.6 Å². The molecule has 0 amide bonds. The van der Waals surface area contributed by atoms with Crippen LogP contribution in [0.4, 0.5) is 5.82 Å². The summed E-state index contributed by atoms with van der Waals surface area (Å²) in [6.45, 7) is 1.53. The van der Waals surface area contributed by atoms with Crippen molar-refractivity contribution in [3.05, 3.63) is 17.8 Å². The zero-order chi connectivity index (χ0) is 9.35. The number of hydrogen-bond acceptors (Lipinski definition) is 4. The van der Waals surface area contributed by atoms with E-state index in [1.807, 2.05) is 0 Å². The van der Waals surface area contributed by atoms with Crippen molar-refractivity contribution in [3.63, 3.8) is 0 Å². The summed E-state index contributed by atoms with van der Waals surface area (Å²) in [5, 5.41) is 0. The lowest BCUT2D eigenvalue weighted by molar-refractivity contribution is 0.482. The van der Waals surface area contributed by atoms with E-state index in [-0.39, 0.29) is 10.7 Å². The molecule has 5 nitrogen and oxygen atoms in total. The average molecular weight is 188 g/mol. The Hall–Kier alpha value is -1.14. The first-order chi connectivity index (χ1) is 5.41. The first kappa shape index (κ1) is 8.95. The molecule has 66 valence electrons. The monoisotopic (exact) mass is 188 g/mol. The number of anilines is 1. The molecular formula is C6H8N2O3S. The van der Waals surface area contributed by atoms with Crippen molar-refractivity contribution < 1.29 is 13.0 Å². The van der Waals surface area contributed by atoms with E-state index in [1.54, 1.807) is 0 Å². The molecule has 1 aromatic rings. The average Bonchev–Trinajstić information content (AvgIpc) is 1.83. The van der Waals surface area contributed by atoms with Crippen LogP contribution >= 0.6 is 0 Å². The lowest BCUT2D eigenvalue weighted by Gasteiger charge is -2.01. The molecule has 0 radical (unpaired) electrons. The summed E-state index contributed by atoms with van der Waals surface area (Å²) in [5.74, 6) is 0.222. The molecule has 0 aliphatic rings. The maximum atomic E-state index is 10.6. The fourth-order valence-electron chi connectivity index (χ4n) is 0.835. The number of aromatic nitrogens is 1. The molecule has 0 aliphatic heterocycles. The Balaban J connectivity index is 3.39. The summed E-state index contributed by atoms with van der Waals surface area (Å²) in [4.78, 5) is 3.33. The summed E-state index contributed by atoms with van der Waals surface area (Å²) in [5.41, 5.74) is 5.66. The van der Waals surface area contributed by atoms with Gasteiger partial charge >= 0.3 is 0 Å². The van der Waals surface area contributed by atoms with Crippen molar-refractivity contribution in [1.29, 1.82) is 0 Å². The first-order valence-corrected chi connectivity index (χ1v) is 4.55. The van der Waals surface area contributed by atoms with Crippen LogP contribution in [0.15, 0.2) is 17.2 Å². The molecule has 0 aliphatic carbocycles. The second kappa shape index (κ2) is 2.72. The lowest BCUT2D eigenvalue weighted by Crippen LogP contribution is -2.03. The highest BCUT2D eigenvalue weighted by Gasteiger charge is 2.12. The van der Waals surface area contributed by atoms with Crippen molar-refractivity contribution in [2.24, 2.45) is 0 Å². The quantitative estimate of drug-likeness (QED) is 0.615. The first-order valence-electron chi connectivity index (χ1n) is 3.11. The highest BCUT2D eigenvalue weighted by atomic mass is 32.2. The zero-order valence-corrected chi connectivity index (χ0v) is 7.17. The topological polar surface area (TPSA) is 93.3 Å². The van der Waals surface area contributed by atoms with E-state index in [1.165, 1.54) is 13.0 Å². The van der Waals surface area contributed by atoms with Gasteiger partial charge in [0.2, 0.25) is 0 Å². The fourth-order valence-corrected chi connectivity index (χ4v) is 1.49. The molecule has 0 unspecified atom stereocenters. The Morgan fingerprint density at radius 3 is 2.58 bits per heavy atom. The number of nitrogens with zero attached hydrogens (tertiary/aromatic N) is 1. The molecule has 1 heterocycles. The fraction of sp³-hybridized carbons (Fsp3) is 0.167. The van der Waals surface area contributed by atoms with Crippen molar-refractivity contribution in [2.45, 2.75) is 11.8 Å². The van der Waals surface area contributed by atoms with E-state index in [9.17, 15) is 8.42 Å². The second-order valence-corrected chi connectivity index (χ2v) is 3.74. The van der Waals surface area contributed by atoms with Crippen molar-refractivity contribution >= 4 is 15.9 Å². The summed E-state index contributed by atoms with van der Waals surface area (Å²) in [6, 6.07) is 1.38. The molecule has 1 aromatic heterocycles. The summed E-state index contributed by atoms with van der Waals surface area (Å²) in [6.07, 6.45) is 1.03. The Morgan fingerprint density at radius 2 is 2.17 bits per heavy atom. The van der Waals surface area contributed by atoms with Gasteiger partial charge in [0.15, 0.2) is 0 Å². The highest BCUT2D eigenvalue weighted by molar-refractivity contribution is 7.85. The summed E-state index contributed by atoms with van der Waals surface area (Å²) in [7, 11) is -4.17. The van der Waals surface area contributed by atoms with Crippen molar-refractivity contribution in [1.82, 2.24) is 4.98 Å². The van der Waals surface area contributed by atoms with Gasteiger partial charge in [0.1, 0.15) is 10.7 Å². The van der Waals surface area contributed by atoms with Gasteiger partial charge in [0.05, 0.1) is 6.20 Å². The molecule has 0 spiro atoms. The van der Waals surface area contributed by atoms with Crippen molar-refractivity contribution in [2.75, 3.05) is 5.73 Å². The maximum absolute atomic E-state index is 10.6. The SMILES string of the molecule is Cc1cc(N)ncc1S(=O)(=O)O. The number of pyridine rings is 1. The Kier molecular flexibility index (Phi) is 2.03. The van der Waals surface area contributed by atoms with Crippen LogP contribution in [0.1, 0.15) is 5.56 Å². The molecule has 0 bridgehead atoms. The molecule has 0 fully saturated rings. The molecule has 0 saturated heterocycles. The Labute approximate surface area is 70.0 Å². The van der Waals surface area contributed by atoms with Gasteiger partial charge in [-0.2, -0.15) is 8.42 Å². The molecule has 0 saturated carbocycles. The van der Waals surface area contributed by atoms with Crippen LogP contribution in [0.25, 0.3) is 0 Å². The van der Waals surface area contributed by atoms with E-state index in [0.29, 0.717) is 5.56 Å². The predicted molar refractivity (Wildman–Crippen MR) is 43.2 cm³/mol. The molecule has 3 N–H and O–H groups in total. The standard InChI is InChI=1S/C6H8N2O3S/c1-4-2-6(7)8-3-5(4)12(9,10)11/h2-3H,1H3,(H2,7,8)(H,9,10,11). The van der Waals surface area contributed by atoms with Crippen LogP contribution in [-0.4, -0.2) is 18.0 Å². The van der Waals surface area contributed by atoms with Crippen LogP contribution < -0.4 is 5.73 Å². The third kappa shape index (κ3) is 1.72. The molecule has 0 atom stereocenters. The van der Waals surface area contributed by atoms with Gasteiger partial charge in [-0.15, -0.1) is 0 Å². The molecule has 0 aromatic carbocycles. The minimum Gasteiger partial charge on any atom is -0.384 e. The second-order valence-electron chi connectivity index (χ2n) is 2.35. The van der Waals surface area contributed by atoms with E-state index >= 15 is 0 Å². The minimum atomic E-state index is -4.17. The number of nitrogens with two attached hydrogens (primary N) is 1. The summed E-state index contributed by atoms with van der Waals surface area (Å²) >= 11 is 0. The van der Waals surface area contributed by atoms with Crippen LogP contribution in [0.3, 0.4) is 0 Å². The van der Waals surface area contributed by atoms with E-state index < -0.39 is 10.1 Å². The third-order valence-corrected chi connectivity index (χ3v) is 2.35. The highest BCUT2D eigenvalue weighted by Crippen LogP contribution is 2.14. The van der Waals surface area contributed by atoms with E-state index in [0.717, 1.165) is 6.20 Å². The maximum Gasteiger partial charge on any atom is 0.296 e. The lowest BCUT2D eigenvalue weighted by atomic mass is 10.3. The third-order valence-electron chi connectivity index (χ3n) is 1.36. The van der Waals surface area contributed by atoms with Gasteiger partial charge < -0.3 is 5.73 Å². The Bertz CT molecular complexity index is 399. The van der Waals surface area contributed by atoms with Gasteiger partial charge in [-0.25, -0.2) is 4.98 Å².